The minimum atomic E-state index is 0.0469. The molecule has 2 aromatic rings. The molecule has 6 heteroatoms. The molecule has 0 atom stereocenters. The summed E-state index contributed by atoms with van der Waals surface area (Å²) < 4.78 is 0. The number of amides is 2. The second kappa shape index (κ2) is 12.4. The molecular weight excluding hydrogens is 400 g/mol. The van der Waals surface area contributed by atoms with Crippen LogP contribution in [0, 0.1) is 6.92 Å². The van der Waals surface area contributed by atoms with Crippen LogP contribution in [0.15, 0.2) is 54.6 Å². The summed E-state index contributed by atoms with van der Waals surface area (Å²) in [6.45, 7) is 10.2. The Bertz CT molecular complexity index is 846. The number of nitrogens with one attached hydrogen (secondary N) is 1. The van der Waals surface area contributed by atoms with Crippen molar-refractivity contribution in [2.24, 2.45) is 0 Å². The molecule has 3 rings (SSSR count). The molecule has 0 aromatic heterocycles. The first-order chi connectivity index (χ1) is 15.5. The van der Waals surface area contributed by atoms with E-state index in [1.165, 1.54) is 11.1 Å². The lowest BCUT2D eigenvalue weighted by molar-refractivity contribution is -0.134. The Hall–Kier alpha value is -2.70. The maximum atomic E-state index is 13.0. The van der Waals surface area contributed by atoms with Crippen LogP contribution >= 0.6 is 0 Å². The molecule has 0 spiro atoms. The summed E-state index contributed by atoms with van der Waals surface area (Å²) in [5.41, 5.74) is 3.50. The second-order valence-corrected chi connectivity index (χ2v) is 8.62. The molecule has 1 aliphatic rings. The first-order valence-electron chi connectivity index (χ1n) is 11.6. The zero-order valence-electron chi connectivity index (χ0n) is 19.4. The molecule has 1 aliphatic heterocycles. The van der Waals surface area contributed by atoms with Crippen LogP contribution in [-0.4, -0.2) is 72.3 Å². The summed E-state index contributed by atoms with van der Waals surface area (Å²) in [5.74, 6) is 0.229. The van der Waals surface area contributed by atoms with Crippen LogP contribution in [0.2, 0.25) is 0 Å². The van der Waals surface area contributed by atoms with Crippen molar-refractivity contribution >= 4 is 11.8 Å². The fourth-order valence-electron chi connectivity index (χ4n) is 3.93. The Morgan fingerprint density at radius 3 is 2.12 bits per heavy atom. The highest BCUT2D eigenvalue weighted by molar-refractivity contribution is 5.78. The van der Waals surface area contributed by atoms with Crippen LogP contribution in [0.3, 0.4) is 0 Å². The number of hydrogen-bond acceptors (Lipinski definition) is 4. The molecule has 172 valence electrons. The maximum absolute atomic E-state index is 13.0. The zero-order chi connectivity index (χ0) is 22.8. The number of rotatable bonds is 10. The van der Waals surface area contributed by atoms with Crippen molar-refractivity contribution in [2.45, 2.75) is 33.4 Å². The average molecular weight is 437 g/mol. The van der Waals surface area contributed by atoms with Crippen LogP contribution in [0.5, 0.6) is 0 Å². The van der Waals surface area contributed by atoms with Crippen LogP contribution in [0.1, 0.15) is 30.0 Å². The standard InChI is InChI=1S/C26H36N4O2/c1-3-13-30(19-24-11-9-22(2)10-12-24)26(32)21-29-16-14-28(15-17-29)20-25(31)27-18-23-7-5-4-6-8-23/h4-12H,3,13-21H2,1-2H3,(H,27,31). The predicted molar refractivity (Wildman–Crippen MR) is 128 cm³/mol. The predicted octanol–water partition coefficient (Wildman–Crippen LogP) is 2.67. The molecule has 2 amide bonds. The van der Waals surface area contributed by atoms with Crippen LogP contribution in [-0.2, 0) is 22.7 Å². The quantitative estimate of drug-likeness (QED) is 0.622. The fraction of sp³-hybridized carbons (Fsp3) is 0.462. The van der Waals surface area contributed by atoms with Gasteiger partial charge in [-0.15, -0.1) is 0 Å². The van der Waals surface area contributed by atoms with Gasteiger partial charge >= 0.3 is 0 Å². The molecule has 0 radical (unpaired) electrons. The molecule has 1 heterocycles. The minimum absolute atomic E-state index is 0.0469. The molecular formula is C26H36N4O2. The molecule has 6 nitrogen and oxygen atoms in total. The lowest BCUT2D eigenvalue weighted by atomic mass is 10.1. The van der Waals surface area contributed by atoms with Crippen molar-refractivity contribution in [3.05, 3.63) is 71.3 Å². The zero-order valence-corrected chi connectivity index (χ0v) is 19.4. The van der Waals surface area contributed by atoms with E-state index in [1.807, 2.05) is 35.2 Å². The van der Waals surface area contributed by atoms with Gasteiger partial charge < -0.3 is 10.2 Å². The molecule has 0 saturated carbocycles. The lowest BCUT2D eigenvalue weighted by Crippen LogP contribution is -2.51. The molecule has 0 bridgehead atoms. The Morgan fingerprint density at radius 2 is 1.50 bits per heavy atom. The second-order valence-electron chi connectivity index (χ2n) is 8.62. The highest BCUT2D eigenvalue weighted by atomic mass is 16.2. The van der Waals surface area contributed by atoms with Crippen molar-refractivity contribution in [3.63, 3.8) is 0 Å². The summed E-state index contributed by atoms with van der Waals surface area (Å²) in [7, 11) is 0. The number of aryl methyl sites for hydroxylation is 1. The van der Waals surface area contributed by atoms with Gasteiger partial charge in [-0.1, -0.05) is 67.1 Å². The van der Waals surface area contributed by atoms with Gasteiger partial charge in [0.1, 0.15) is 0 Å². The summed E-state index contributed by atoms with van der Waals surface area (Å²) in [6, 6.07) is 18.3. The van der Waals surface area contributed by atoms with Crippen molar-refractivity contribution in [1.29, 1.82) is 0 Å². The molecule has 1 saturated heterocycles. The molecule has 32 heavy (non-hydrogen) atoms. The van der Waals surface area contributed by atoms with Gasteiger partial charge in [-0.25, -0.2) is 0 Å². The number of carbonyl (C=O) groups excluding carboxylic acids is 2. The number of benzene rings is 2. The van der Waals surface area contributed by atoms with Gasteiger partial charge in [-0.2, -0.15) is 0 Å². The van der Waals surface area contributed by atoms with Gasteiger partial charge in [0.15, 0.2) is 0 Å². The number of hydrogen-bond donors (Lipinski definition) is 1. The monoisotopic (exact) mass is 436 g/mol. The molecule has 0 aliphatic carbocycles. The van der Waals surface area contributed by atoms with Crippen molar-refractivity contribution in [2.75, 3.05) is 45.8 Å². The largest absolute Gasteiger partial charge is 0.351 e. The third kappa shape index (κ3) is 7.77. The Labute approximate surface area is 192 Å². The molecule has 1 N–H and O–H groups in total. The van der Waals surface area contributed by atoms with Gasteiger partial charge in [-0.3, -0.25) is 19.4 Å². The van der Waals surface area contributed by atoms with Gasteiger partial charge in [-0.05, 0) is 24.5 Å². The fourth-order valence-corrected chi connectivity index (χ4v) is 3.93. The highest BCUT2D eigenvalue weighted by Crippen LogP contribution is 2.10. The Morgan fingerprint density at radius 1 is 0.875 bits per heavy atom. The first kappa shape index (κ1) is 24.0. The molecule has 2 aromatic carbocycles. The normalized spacial score (nSPS) is 14.8. The smallest absolute Gasteiger partial charge is 0.237 e. The summed E-state index contributed by atoms with van der Waals surface area (Å²) in [5, 5.41) is 2.99. The van der Waals surface area contributed by atoms with E-state index in [0.29, 0.717) is 26.2 Å². The van der Waals surface area contributed by atoms with Crippen LogP contribution < -0.4 is 5.32 Å². The number of piperazine rings is 1. The van der Waals surface area contributed by atoms with Crippen LogP contribution in [0.25, 0.3) is 0 Å². The lowest BCUT2D eigenvalue weighted by Gasteiger charge is -2.35. The van der Waals surface area contributed by atoms with E-state index in [0.717, 1.165) is 44.7 Å². The van der Waals surface area contributed by atoms with E-state index in [-0.39, 0.29) is 11.8 Å². The van der Waals surface area contributed by atoms with Crippen molar-refractivity contribution in [3.8, 4) is 0 Å². The van der Waals surface area contributed by atoms with E-state index < -0.39 is 0 Å². The first-order valence-corrected chi connectivity index (χ1v) is 11.6. The van der Waals surface area contributed by atoms with E-state index >= 15 is 0 Å². The highest BCUT2D eigenvalue weighted by Gasteiger charge is 2.22. The van der Waals surface area contributed by atoms with Crippen LogP contribution in [0.4, 0.5) is 0 Å². The van der Waals surface area contributed by atoms with Crippen molar-refractivity contribution in [1.82, 2.24) is 20.0 Å². The van der Waals surface area contributed by atoms with E-state index in [4.69, 9.17) is 0 Å². The van der Waals surface area contributed by atoms with Gasteiger partial charge in [0.2, 0.25) is 11.8 Å². The number of nitrogens with zero attached hydrogens (tertiary/aromatic N) is 3. The summed E-state index contributed by atoms with van der Waals surface area (Å²) >= 11 is 0. The van der Waals surface area contributed by atoms with E-state index in [9.17, 15) is 9.59 Å². The molecule has 0 unspecified atom stereocenters. The maximum Gasteiger partial charge on any atom is 0.237 e. The van der Waals surface area contributed by atoms with Gasteiger partial charge in [0.05, 0.1) is 13.1 Å². The van der Waals surface area contributed by atoms with Crippen molar-refractivity contribution < 1.29 is 9.59 Å². The summed E-state index contributed by atoms with van der Waals surface area (Å²) in [4.78, 5) is 31.6. The summed E-state index contributed by atoms with van der Waals surface area (Å²) in [6.07, 6.45) is 0.948. The van der Waals surface area contributed by atoms with Gasteiger partial charge in [0, 0.05) is 45.8 Å². The molecule has 1 fully saturated rings. The number of carbonyl (C=O) groups is 2. The van der Waals surface area contributed by atoms with E-state index in [1.54, 1.807) is 0 Å². The third-order valence-electron chi connectivity index (χ3n) is 5.86. The Balaban J connectivity index is 1.40. The SMILES string of the molecule is CCCN(Cc1ccc(C)cc1)C(=O)CN1CCN(CC(=O)NCc2ccccc2)CC1. The Kier molecular flexibility index (Phi) is 9.26. The van der Waals surface area contributed by atoms with E-state index in [2.05, 4.69) is 53.2 Å². The van der Waals surface area contributed by atoms with Gasteiger partial charge in [0.25, 0.3) is 0 Å². The minimum Gasteiger partial charge on any atom is -0.351 e. The third-order valence-corrected chi connectivity index (χ3v) is 5.86. The average Bonchev–Trinajstić information content (AvgIpc) is 2.81. The topological polar surface area (TPSA) is 55.9 Å².